The molecule has 2 aliphatic rings. The second-order valence-electron chi connectivity index (χ2n) is 6.06. The van der Waals surface area contributed by atoms with Crippen molar-refractivity contribution in [3.8, 4) is 11.1 Å². The number of nitrogens with zero attached hydrogens (tertiary/aromatic N) is 3. The Morgan fingerprint density at radius 1 is 1.04 bits per heavy atom. The van der Waals surface area contributed by atoms with Crippen molar-refractivity contribution < 1.29 is 0 Å². The topological polar surface area (TPSA) is 30.9 Å². The predicted molar refractivity (Wildman–Crippen MR) is 97.8 cm³/mol. The number of piperazine rings is 1. The summed E-state index contributed by atoms with van der Waals surface area (Å²) in [5.74, 6) is 0. The summed E-state index contributed by atoms with van der Waals surface area (Å²) in [5, 5.41) is 5.06. The predicted octanol–water partition coefficient (Wildman–Crippen LogP) is 3.52. The van der Waals surface area contributed by atoms with Crippen LogP contribution in [-0.4, -0.2) is 44.3 Å². The van der Waals surface area contributed by atoms with Crippen LogP contribution >= 0.6 is 11.6 Å². The van der Waals surface area contributed by atoms with Crippen LogP contribution in [0.3, 0.4) is 0 Å². The number of benzene rings is 2. The first kappa shape index (κ1) is 14.5. The van der Waals surface area contributed by atoms with E-state index in [0.29, 0.717) is 0 Å². The Kier molecular flexibility index (Phi) is 3.71. The first-order valence-corrected chi connectivity index (χ1v) is 8.26. The Balaban J connectivity index is 1.90. The van der Waals surface area contributed by atoms with Crippen LogP contribution in [0.5, 0.6) is 0 Å². The number of anilines is 2. The van der Waals surface area contributed by atoms with Crippen LogP contribution in [0.15, 0.2) is 41.5 Å². The standard InChI is InChI=1S/C18H19ClN4/c1-22-8-10-23(11-9-22)17-7-6-15(19)14-12-20-21-16-5-3-2-4-13(16)18(14)17/h2-7,12,21H,8-11H2,1H3. The van der Waals surface area contributed by atoms with Gasteiger partial charge in [-0.1, -0.05) is 29.8 Å². The molecule has 0 saturated carbocycles. The highest BCUT2D eigenvalue weighted by Crippen LogP contribution is 2.41. The fourth-order valence-electron chi connectivity index (χ4n) is 3.27. The number of hydrogen-bond acceptors (Lipinski definition) is 4. The van der Waals surface area contributed by atoms with Crippen molar-refractivity contribution in [2.45, 2.75) is 0 Å². The van der Waals surface area contributed by atoms with Crippen LogP contribution in [-0.2, 0) is 0 Å². The van der Waals surface area contributed by atoms with Crippen molar-refractivity contribution >= 4 is 29.2 Å². The Morgan fingerprint density at radius 2 is 1.83 bits per heavy atom. The average molecular weight is 327 g/mol. The molecule has 23 heavy (non-hydrogen) atoms. The smallest absolute Gasteiger partial charge is 0.0641 e. The van der Waals surface area contributed by atoms with Gasteiger partial charge in [0.15, 0.2) is 0 Å². The fourth-order valence-corrected chi connectivity index (χ4v) is 3.47. The van der Waals surface area contributed by atoms with E-state index in [4.69, 9.17) is 11.6 Å². The zero-order valence-electron chi connectivity index (χ0n) is 13.1. The number of likely N-dealkylation sites (N-methyl/N-ethyl adjacent to an activating group) is 1. The van der Waals surface area contributed by atoms with Crippen molar-refractivity contribution in [3.05, 3.63) is 47.0 Å². The zero-order valence-corrected chi connectivity index (χ0v) is 13.8. The zero-order chi connectivity index (χ0) is 15.8. The molecule has 0 spiro atoms. The van der Waals surface area contributed by atoms with E-state index < -0.39 is 0 Å². The second kappa shape index (κ2) is 5.87. The Hall–Kier alpha value is -2.04. The number of para-hydroxylation sites is 1. The molecule has 2 heterocycles. The lowest BCUT2D eigenvalue weighted by molar-refractivity contribution is 0.313. The van der Waals surface area contributed by atoms with E-state index in [-0.39, 0.29) is 0 Å². The number of fused-ring (bicyclic) bond motifs is 3. The molecule has 2 aromatic carbocycles. The lowest BCUT2D eigenvalue weighted by Crippen LogP contribution is -2.44. The van der Waals surface area contributed by atoms with E-state index in [1.54, 1.807) is 0 Å². The highest BCUT2D eigenvalue weighted by atomic mass is 35.5. The molecule has 0 aliphatic carbocycles. The van der Waals surface area contributed by atoms with Crippen LogP contribution in [0.25, 0.3) is 11.1 Å². The normalized spacial score (nSPS) is 17.2. The van der Waals surface area contributed by atoms with E-state index in [1.165, 1.54) is 11.3 Å². The van der Waals surface area contributed by atoms with Gasteiger partial charge in [-0.15, -0.1) is 0 Å². The third-order valence-corrected chi connectivity index (χ3v) is 4.92. The number of halogens is 1. The average Bonchev–Trinajstić information content (AvgIpc) is 2.77. The minimum absolute atomic E-state index is 0.736. The molecule has 0 unspecified atom stereocenters. The van der Waals surface area contributed by atoms with Gasteiger partial charge in [0.2, 0.25) is 0 Å². The molecule has 0 aromatic heterocycles. The summed E-state index contributed by atoms with van der Waals surface area (Å²) < 4.78 is 0. The monoisotopic (exact) mass is 326 g/mol. The van der Waals surface area contributed by atoms with Gasteiger partial charge in [0.1, 0.15) is 0 Å². The lowest BCUT2D eigenvalue weighted by atomic mass is 9.96. The van der Waals surface area contributed by atoms with Gasteiger partial charge in [0.25, 0.3) is 0 Å². The highest BCUT2D eigenvalue weighted by Gasteiger charge is 2.23. The van der Waals surface area contributed by atoms with Gasteiger partial charge >= 0.3 is 0 Å². The summed E-state index contributed by atoms with van der Waals surface area (Å²) in [6, 6.07) is 12.4. The molecular weight excluding hydrogens is 308 g/mol. The third kappa shape index (κ3) is 2.58. The Bertz CT molecular complexity index is 764. The van der Waals surface area contributed by atoms with E-state index in [2.05, 4.69) is 51.6 Å². The molecule has 2 aliphatic heterocycles. The molecule has 0 atom stereocenters. The Morgan fingerprint density at radius 3 is 2.65 bits per heavy atom. The van der Waals surface area contributed by atoms with Crippen LogP contribution in [0, 0.1) is 0 Å². The minimum Gasteiger partial charge on any atom is -0.368 e. The van der Waals surface area contributed by atoms with Crippen LogP contribution in [0.2, 0.25) is 5.02 Å². The lowest BCUT2D eigenvalue weighted by Gasteiger charge is -2.35. The number of nitrogens with one attached hydrogen (secondary N) is 1. The molecule has 0 radical (unpaired) electrons. The summed E-state index contributed by atoms with van der Waals surface area (Å²) in [5.41, 5.74) is 8.68. The third-order valence-electron chi connectivity index (χ3n) is 4.59. The van der Waals surface area contributed by atoms with E-state index in [0.717, 1.165) is 48.0 Å². The van der Waals surface area contributed by atoms with Gasteiger partial charge < -0.3 is 9.80 Å². The van der Waals surface area contributed by atoms with Gasteiger partial charge in [-0.05, 0) is 25.2 Å². The SMILES string of the molecule is CN1CCN(c2ccc(Cl)c3c2-c2ccccc2NN=C3)CC1. The van der Waals surface area contributed by atoms with Crippen molar-refractivity contribution in [2.24, 2.45) is 5.10 Å². The summed E-state index contributed by atoms with van der Waals surface area (Å²) in [4.78, 5) is 4.81. The molecule has 4 nitrogen and oxygen atoms in total. The largest absolute Gasteiger partial charge is 0.368 e. The molecule has 0 amide bonds. The second-order valence-corrected chi connectivity index (χ2v) is 6.47. The molecule has 1 saturated heterocycles. The minimum atomic E-state index is 0.736. The first-order valence-electron chi connectivity index (χ1n) is 7.88. The summed E-state index contributed by atoms with van der Waals surface area (Å²) in [6.45, 7) is 4.20. The summed E-state index contributed by atoms with van der Waals surface area (Å²) >= 11 is 6.47. The maximum Gasteiger partial charge on any atom is 0.0641 e. The van der Waals surface area contributed by atoms with Gasteiger partial charge in [0, 0.05) is 48.6 Å². The Labute approximate surface area is 141 Å². The summed E-state index contributed by atoms with van der Waals surface area (Å²) in [7, 11) is 2.17. The molecule has 1 fully saturated rings. The molecule has 5 heteroatoms. The van der Waals surface area contributed by atoms with Crippen molar-refractivity contribution in [2.75, 3.05) is 43.6 Å². The quantitative estimate of drug-likeness (QED) is 0.870. The molecule has 2 aromatic rings. The van der Waals surface area contributed by atoms with Crippen LogP contribution < -0.4 is 10.3 Å². The van der Waals surface area contributed by atoms with Gasteiger partial charge in [-0.3, -0.25) is 5.43 Å². The van der Waals surface area contributed by atoms with Crippen LogP contribution in [0.4, 0.5) is 11.4 Å². The van der Waals surface area contributed by atoms with Crippen molar-refractivity contribution in [1.29, 1.82) is 0 Å². The van der Waals surface area contributed by atoms with Crippen molar-refractivity contribution in [1.82, 2.24) is 4.90 Å². The first-order chi connectivity index (χ1) is 11.2. The maximum atomic E-state index is 6.47. The van der Waals surface area contributed by atoms with Crippen molar-refractivity contribution in [3.63, 3.8) is 0 Å². The van der Waals surface area contributed by atoms with Crippen LogP contribution in [0.1, 0.15) is 5.56 Å². The van der Waals surface area contributed by atoms with Gasteiger partial charge in [-0.2, -0.15) is 5.10 Å². The number of rotatable bonds is 1. The molecule has 118 valence electrons. The van der Waals surface area contributed by atoms with Gasteiger partial charge in [-0.25, -0.2) is 0 Å². The molecular formula is C18H19ClN4. The number of hydrazone groups is 1. The maximum absolute atomic E-state index is 6.47. The molecule has 1 N–H and O–H groups in total. The van der Waals surface area contributed by atoms with Gasteiger partial charge in [0.05, 0.1) is 16.9 Å². The fraction of sp³-hybridized carbons (Fsp3) is 0.278. The van der Waals surface area contributed by atoms with E-state index >= 15 is 0 Å². The highest BCUT2D eigenvalue weighted by molar-refractivity contribution is 6.34. The molecule has 0 bridgehead atoms. The summed E-state index contributed by atoms with van der Waals surface area (Å²) in [6.07, 6.45) is 1.83. The van der Waals surface area contributed by atoms with E-state index in [1.807, 2.05) is 18.3 Å². The molecule has 4 rings (SSSR count). The number of hydrogen-bond donors (Lipinski definition) is 1. The van der Waals surface area contributed by atoms with E-state index in [9.17, 15) is 0 Å².